The fourth-order valence-electron chi connectivity index (χ4n) is 2.58. The Bertz CT molecular complexity index is 1110. The molecule has 3 aromatic carbocycles. The highest BCUT2D eigenvalue weighted by Crippen LogP contribution is 2.37. The van der Waals surface area contributed by atoms with E-state index in [1.165, 1.54) is 42.5 Å². The highest BCUT2D eigenvalue weighted by Gasteiger charge is 2.20. The SMILES string of the molecule is Cc1ccc(C(=O)COC(=O)c2cccc(Oc3c(Cl)cccc3[N+](=O)[O-])c2)cc1. The smallest absolute Gasteiger partial charge is 0.338 e. The molecule has 0 amide bonds. The number of ketones is 1. The Morgan fingerprint density at radius 1 is 1.00 bits per heavy atom. The Morgan fingerprint density at radius 3 is 2.40 bits per heavy atom. The van der Waals surface area contributed by atoms with E-state index >= 15 is 0 Å². The number of esters is 1. The molecule has 0 fully saturated rings. The van der Waals surface area contributed by atoms with Crippen molar-refractivity contribution in [2.45, 2.75) is 6.92 Å². The number of carbonyl (C=O) groups is 2. The molecule has 0 atom stereocenters. The van der Waals surface area contributed by atoms with Gasteiger partial charge in [0.25, 0.3) is 0 Å². The molecule has 0 aromatic heterocycles. The summed E-state index contributed by atoms with van der Waals surface area (Å²) in [6, 6.07) is 16.9. The summed E-state index contributed by atoms with van der Waals surface area (Å²) in [5.74, 6) is -1.04. The summed E-state index contributed by atoms with van der Waals surface area (Å²) in [5.41, 5.74) is 1.27. The summed E-state index contributed by atoms with van der Waals surface area (Å²) in [4.78, 5) is 35.0. The number of benzene rings is 3. The molecule has 0 aliphatic heterocycles. The summed E-state index contributed by atoms with van der Waals surface area (Å²) >= 11 is 6.02. The number of ether oxygens (including phenoxy) is 2. The molecule has 0 bridgehead atoms. The Kier molecular flexibility index (Phi) is 6.44. The van der Waals surface area contributed by atoms with E-state index in [-0.39, 0.29) is 33.6 Å². The quantitative estimate of drug-likeness (QED) is 0.218. The number of aryl methyl sites for hydroxylation is 1. The van der Waals surface area contributed by atoms with Crippen LogP contribution in [0.15, 0.2) is 66.7 Å². The van der Waals surface area contributed by atoms with E-state index in [0.717, 1.165) is 5.56 Å². The van der Waals surface area contributed by atoms with E-state index in [0.29, 0.717) is 5.56 Å². The fraction of sp³-hybridized carbons (Fsp3) is 0.0909. The van der Waals surface area contributed by atoms with Gasteiger partial charge in [0.15, 0.2) is 12.4 Å². The third-order valence-corrected chi connectivity index (χ3v) is 4.44. The monoisotopic (exact) mass is 425 g/mol. The first-order valence-corrected chi connectivity index (χ1v) is 9.21. The van der Waals surface area contributed by atoms with Crippen molar-refractivity contribution < 1.29 is 24.0 Å². The Labute approximate surface area is 177 Å². The molecule has 8 heteroatoms. The summed E-state index contributed by atoms with van der Waals surface area (Å²) in [5, 5.41) is 11.2. The van der Waals surface area contributed by atoms with Crippen LogP contribution in [0.5, 0.6) is 11.5 Å². The number of hydrogen-bond donors (Lipinski definition) is 0. The van der Waals surface area contributed by atoms with E-state index in [2.05, 4.69) is 0 Å². The van der Waals surface area contributed by atoms with Crippen molar-refractivity contribution in [3.63, 3.8) is 0 Å². The number of para-hydroxylation sites is 1. The van der Waals surface area contributed by atoms with Crippen molar-refractivity contribution in [3.8, 4) is 11.5 Å². The van der Waals surface area contributed by atoms with Crippen molar-refractivity contribution in [1.29, 1.82) is 0 Å². The van der Waals surface area contributed by atoms with Crippen LogP contribution in [0.1, 0.15) is 26.3 Å². The number of Topliss-reactive ketones (excluding diaryl/α,β-unsaturated/α-hetero) is 1. The van der Waals surface area contributed by atoms with Gasteiger partial charge in [0, 0.05) is 11.6 Å². The molecule has 0 aliphatic rings. The molecule has 0 saturated carbocycles. The first kappa shape index (κ1) is 21.0. The lowest BCUT2D eigenvalue weighted by molar-refractivity contribution is -0.385. The molecule has 152 valence electrons. The second kappa shape index (κ2) is 9.19. The molecule has 3 aromatic rings. The largest absolute Gasteiger partial charge is 0.454 e. The third-order valence-electron chi connectivity index (χ3n) is 4.14. The van der Waals surface area contributed by atoms with Crippen molar-refractivity contribution in [2.24, 2.45) is 0 Å². The Morgan fingerprint density at radius 2 is 1.70 bits per heavy atom. The van der Waals surface area contributed by atoms with Gasteiger partial charge < -0.3 is 9.47 Å². The van der Waals surface area contributed by atoms with Gasteiger partial charge in [0.1, 0.15) is 5.75 Å². The van der Waals surface area contributed by atoms with Crippen LogP contribution in [0.2, 0.25) is 5.02 Å². The van der Waals surface area contributed by atoms with Crippen LogP contribution in [0, 0.1) is 17.0 Å². The lowest BCUT2D eigenvalue weighted by atomic mass is 10.1. The van der Waals surface area contributed by atoms with Crippen molar-refractivity contribution in [2.75, 3.05) is 6.61 Å². The first-order valence-electron chi connectivity index (χ1n) is 8.83. The van der Waals surface area contributed by atoms with Gasteiger partial charge in [-0.2, -0.15) is 0 Å². The number of rotatable bonds is 7. The zero-order valence-electron chi connectivity index (χ0n) is 15.8. The Balaban J connectivity index is 1.71. The molecule has 30 heavy (non-hydrogen) atoms. The fourth-order valence-corrected chi connectivity index (χ4v) is 2.79. The molecule has 7 nitrogen and oxygen atoms in total. The number of nitro groups is 1. The minimum absolute atomic E-state index is 0.0564. The van der Waals surface area contributed by atoms with Crippen LogP contribution < -0.4 is 4.74 Å². The minimum Gasteiger partial charge on any atom is -0.454 e. The minimum atomic E-state index is -0.727. The van der Waals surface area contributed by atoms with Crippen LogP contribution >= 0.6 is 11.6 Å². The standard InChI is InChI=1S/C22H16ClNO6/c1-14-8-10-15(11-9-14)20(25)13-29-22(26)16-4-2-5-17(12-16)30-21-18(23)6-3-7-19(21)24(27)28/h2-12H,13H2,1H3. The Hall–Kier alpha value is -3.71. The average molecular weight is 426 g/mol. The molecule has 0 radical (unpaired) electrons. The molecule has 0 spiro atoms. The number of hydrogen-bond acceptors (Lipinski definition) is 6. The van der Waals surface area contributed by atoms with Gasteiger partial charge in [-0.15, -0.1) is 0 Å². The maximum atomic E-state index is 12.3. The predicted octanol–water partition coefficient (Wildman–Crippen LogP) is 5.39. The second-order valence-corrected chi connectivity index (χ2v) is 6.75. The molecule has 3 rings (SSSR count). The summed E-state index contributed by atoms with van der Waals surface area (Å²) in [7, 11) is 0. The lowest BCUT2D eigenvalue weighted by Gasteiger charge is -2.09. The van der Waals surface area contributed by atoms with Crippen LogP contribution in [-0.4, -0.2) is 23.3 Å². The zero-order valence-corrected chi connectivity index (χ0v) is 16.6. The molecule has 0 heterocycles. The summed E-state index contributed by atoms with van der Waals surface area (Å²) in [6.07, 6.45) is 0. The molecule has 0 unspecified atom stereocenters. The van der Waals surface area contributed by atoms with E-state index in [9.17, 15) is 19.7 Å². The molecular formula is C22H16ClNO6. The second-order valence-electron chi connectivity index (χ2n) is 6.34. The van der Waals surface area contributed by atoms with Crippen LogP contribution in [0.3, 0.4) is 0 Å². The van der Waals surface area contributed by atoms with E-state index in [1.807, 2.05) is 6.92 Å². The van der Waals surface area contributed by atoms with Gasteiger partial charge in [-0.1, -0.05) is 53.6 Å². The first-order chi connectivity index (χ1) is 14.3. The molecule has 0 saturated heterocycles. The van der Waals surface area contributed by atoms with Crippen LogP contribution in [-0.2, 0) is 4.74 Å². The third kappa shape index (κ3) is 5.01. The van der Waals surface area contributed by atoms with Crippen molar-refractivity contribution in [1.82, 2.24) is 0 Å². The maximum Gasteiger partial charge on any atom is 0.338 e. The highest BCUT2D eigenvalue weighted by molar-refractivity contribution is 6.32. The van der Waals surface area contributed by atoms with Crippen molar-refractivity contribution >= 4 is 29.0 Å². The highest BCUT2D eigenvalue weighted by atomic mass is 35.5. The number of halogens is 1. The number of nitrogens with zero attached hydrogens (tertiary/aromatic N) is 1. The molecular weight excluding hydrogens is 410 g/mol. The maximum absolute atomic E-state index is 12.3. The molecule has 0 N–H and O–H groups in total. The predicted molar refractivity (Wildman–Crippen MR) is 110 cm³/mol. The van der Waals surface area contributed by atoms with E-state index in [1.54, 1.807) is 24.3 Å². The average Bonchev–Trinajstić information content (AvgIpc) is 2.73. The van der Waals surface area contributed by atoms with Gasteiger partial charge in [-0.3, -0.25) is 14.9 Å². The van der Waals surface area contributed by atoms with Gasteiger partial charge in [-0.25, -0.2) is 4.79 Å². The van der Waals surface area contributed by atoms with Crippen molar-refractivity contribution in [3.05, 3.63) is 98.6 Å². The van der Waals surface area contributed by atoms with Gasteiger partial charge in [-0.05, 0) is 31.2 Å². The summed E-state index contributed by atoms with van der Waals surface area (Å²) in [6.45, 7) is 1.49. The van der Waals surface area contributed by atoms with E-state index in [4.69, 9.17) is 21.1 Å². The van der Waals surface area contributed by atoms with Crippen LogP contribution in [0.25, 0.3) is 0 Å². The number of nitro benzene ring substituents is 1. The zero-order chi connectivity index (χ0) is 21.7. The topological polar surface area (TPSA) is 95.7 Å². The number of carbonyl (C=O) groups excluding carboxylic acids is 2. The van der Waals surface area contributed by atoms with Crippen LogP contribution in [0.4, 0.5) is 5.69 Å². The van der Waals surface area contributed by atoms with Gasteiger partial charge in [0.2, 0.25) is 5.75 Å². The lowest BCUT2D eigenvalue weighted by Crippen LogP contribution is -2.14. The van der Waals surface area contributed by atoms with Gasteiger partial charge in [0.05, 0.1) is 15.5 Å². The van der Waals surface area contributed by atoms with Gasteiger partial charge >= 0.3 is 11.7 Å². The van der Waals surface area contributed by atoms with E-state index < -0.39 is 17.5 Å². The summed E-state index contributed by atoms with van der Waals surface area (Å²) < 4.78 is 10.6. The molecule has 0 aliphatic carbocycles. The normalized spacial score (nSPS) is 10.3.